The number of carbonyl (C=O) groups is 2. The van der Waals surface area contributed by atoms with Gasteiger partial charge in [-0.3, -0.25) is 14.5 Å². The molecule has 18 heavy (non-hydrogen) atoms. The first-order chi connectivity index (χ1) is 8.52. The number of aryl methyl sites for hydroxylation is 1. The van der Waals surface area contributed by atoms with Crippen molar-refractivity contribution in [3.63, 3.8) is 0 Å². The van der Waals surface area contributed by atoms with E-state index >= 15 is 0 Å². The Morgan fingerprint density at radius 2 is 2.33 bits per heavy atom. The molecule has 1 aromatic rings. The molecule has 1 aliphatic rings. The predicted octanol–water partition coefficient (Wildman–Crippen LogP) is 0.974. The average molecular weight is 243 g/mol. The van der Waals surface area contributed by atoms with Crippen molar-refractivity contribution in [1.29, 1.82) is 0 Å². The van der Waals surface area contributed by atoms with Gasteiger partial charge in [0.05, 0.1) is 11.3 Å². The summed E-state index contributed by atoms with van der Waals surface area (Å²) in [5.41, 5.74) is 1.04. The van der Waals surface area contributed by atoms with Crippen LogP contribution in [0.4, 0.5) is 5.95 Å². The zero-order chi connectivity index (χ0) is 13.3. The lowest BCUT2D eigenvalue weighted by atomic mass is 10.1. The second-order valence-corrected chi connectivity index (χ2v) is 4.30. The molecule has 2 rings (SSSR count). The molecule has 0 bridgehead atoms. The number of hydrogen-bond acceptors (Lipinski definition) is 4. The normalized spacial score (nSPS) is 18.8. The standard InChI is InChI=1S/C13H13N3O2/c1-4-10-5-12(18)16(7-10)13-14-6-11(9(3)17)8(2)15-13/h1,6,10H,5,7H2,2-3H3. The lowest BCUT2D eigenvalue weighted by Gasteiger charge is -2.14. The largest absolute Gasteiger partial charge is 0.294 e. The predicted molar refractivity (Wildman–Crippen MR) is 66.1 cm³/mol. The fourth-order valence-electron chi connectivity index (χ4n) is 1.94. The van der Waals surface area contributed by atoms with Crippen LogP contribution in [-0.2, 0) is 4.79 Å². The van der Waals surface area contributed by atoms with Gasteiger partial charge in [0.2, 0.25) is 11.9 Å². The minimum Gasteiger partial charge on any atom is -0.294 e. The van der Waals surface area contributed by atoms with Crippen LogP contribution < -0.4 is 4.90 Å². The zero-order valence-electron chi connectivity index (χ0n) is 10.3. The van der Waals surface area contributed by atoms with E-state index < -0.39 is 0 Å². The molecule has 0 N–H and O–H groups in total. The fourth-order valence-corrected chi connectivity index (χ4v) is 1.94. The Morgan fingerprint density at radius 3 is 2.83 bits per heavy atom. The molecular weight excluding hydrogens is 230 g/mol. The first kappa shape index (κ1) is 12.2. The Kier molecular flexibility index (Phi) is 3.11. The smallest absolute Gasteiger partial charge is 0.232 e. The van der Waals surface area contributed by atoms with Crippen LogP contribution in [0, 0.1) is 25.2 Å². The molecule has 1 unspecified atom stereocenters. The van der Waals surface area contributed by atoms with E-state index in [-0.39, 0.29) is 17.6 Å². The number of rotatable bonds is 2. The van der Waals surface area contributed by atoms with E-state index in [2.05, 4.69) is 15.9 Å². The number of aromatic nitrogens is 2. The average Bonchev–Trinajstić information content (AvgIpc) is 2.70. The van der Waals surface area contributed by atoms with Gasteiger partial charge in [0.1, 0.15) is 0 Å². The molecule has 1 amide bonds. The molecular formula is C13H13N3O2. The summed E-state index contributed by atoms with van der Waals surface area (Å²) in [5.74, 6) is 2.63. The summed E-state index contributed by atoms with van der Waals surface area (Å²) >= 11 is 0. The number of ketones is 1. The number of hydrogen-bond donors (Lipinski definition) is 0. The van der Waals surface area contributed by atoms with E-state index in [4.69, 9.17) is 6.42 Å². The van der Waals surface area contributed by atoms with Gasteiger partial charge in [0, 0.05) is 25.1 Å². The van der Waals surface area contributed by atoms with Crippen LogP contribution >= 0.6 is 0 Å². The summed E-state index contributed by atoms with van der Waals surface area (Å²) in [6, 6.07) is 0. The Morgan fingerprint density at radius 1 is 1.61 bits per heavy atom. The second-order valence-electron chi connectivity index (χ2n) is 4.30. The number of carbonyl (C=O) groups excluding carboxylic acids is 2. The number of anilines is 1. The fraction of sp³-hybridized carbons (Fsp3) is 0.385. The van der Waals surface area contributed by atoms with Gasteiger partial charge in [-0.05, 0) is 13.8 Å². The third-order valence-electron chi connectivity index (χ3n) is 2.95. The van der Waals surface area contributed by atoms with Crippen molar-refractivity contribution in [2.24, 2.45) is 5.92 Å². The summed E-state index contributed by atoms with van der Waals surface area (Å²) in [5, 5.41) is 0. The first-order valence-electron chi connectivity index (χ1n) is 5.64. The molecule has 5 nitrogen and oxygen atoms in total. The van der Waals surface area contributed by atoms with E-state index in [9.17, 15) is 9.59 Å². The molecule has 0 aromatic carbocycles. The lowest BCUT2D eigenvalue weighted by Crippen LogP contribution is -2.27. The van der Waals surface area contributed by atoms with Gasteiger partial charge in [0.25, 0.3) is 0 Å². The number of nitrogens with zero attached hydrogens (tertiary/aromatic N) is 3. The van der Waals surface area contributed by atoms with Gasteiger partial charge in [-0.1, -0.05) is 0 Å². The number of Topliss-reactive ketones (excluding diaryl/α,β-unsaturated/α-hetero) is 1. The topological polar surface area (TPSA) is 63.2 Å². The summed E-state index contributed by atoms with van der Waals surface area (Å²) in [7, 11) is 0. The molecule has 1 fully saturated rings. The van der Waals surface area contributed by atoms with E-state index in [1.165, 1.54) is 18.0 Å². The molecule has 2 heterocycles. The van der Waals surface area contributed by atoms with Gasteiger partial charge in [-0.2, -0.15) is 0 Å². The van der Waals surface area contributed by atoms with Crippen LogP contribution in [0.25, 0.3) is 0 Å². The molecule has 1 atom stereocenters. The molecule has 1 aromatic heterocycles. The molecule has 0 saturated carbocycles. The van der Waals surface area contributed by atoms with Gasteiger partial charge in [-0.25, -0.2) is 9.97 Å². The summed E-state index contributed by atoms with van der Waals surface area (Å²) < 4.78 is 0. The minimum atomic E-state index is -0.0895. The van der Waals surface area contributed by atoms with Gasteiger partial charge in [-0.15, -0.1) is 12.3 Å². The molecule has 1 aliphatic heterocycles. The maximum Gasteiger partial charge on any atom is 0.232 e. The van der Waals surface area contributed by atoms with Crippen molar-refractivity contribution in [3.8, 4) is 12.3 Å². The molecule has 0 aliphatic carbocycles. The van der Waals surface area contributed by atoms with Crippen LogP contribution in [0.5, 0.6) is 0 Å². The minimum absolute atomic E-state index is 0.0760. The van der Waals surface area contributed by atoms with Crippen molar-refractivity contribution in [2.45, 2.75) is 20.3 Å². The zero-order valence-corrected chi connectivity index (χ0v) is 10.3. The second kappa shape index (κ2) is 4.57. The van der Waals surface area contributed by atoms with Crippen LogP contribution in [-0.4, -0.2) is 28.2 Å². The highest BCUT2D eigenvalue weighted by atomic mass is 16.2. The van der Waals surface area contributed by atoms with Crippen molar-refractivity contribution in [3.05, 3.63) is 17.5 Å². The van der Waals surface area contributed by atoms with Crippen molar-refractivity contribution in [1.82, 2.24) is 9.97 Å². The summed E-state index contributed by atoms with van der Waals surface area (Å²) in [6.07, 6.45) is 7.10. The SMILES string of the molecule is C#CC1CC(=O)N(c2ncc(C(C)=O)c(C)n2)C1. The van der Waals surface area contributed by atoms with Crippen LogP contribution in [0.3, 0.4) is 0 Å². The van der Waals surface area contributed by atoms with E-state index in [0.29, 0.717) is 30.2 Å². The van der Waals surface area contributed by atoms with Crippen molar-refractivity contribution < 1.29 is 9.59 Å². The molecule has 92 valence electrons. The molecule has 0 spiro atoms. The Bertz CT molecular complexity index is 560. The number of amides is 1. The highest BCUT2D eigenvalue weighted by Gasteiger charge is 2.31. The third-order valence-corrected chi connectivity index (χ3v) is 2.95. The van der Waals surface area contributed by atoms with Crippen molar-refractivity contribution >= 4 is 17.6 Å². The van der Waals surface area contributed by atoms with Gasteiger partial charge >= 0.3 is 0 Å². The van der Waals surface area contributed by atoms with Gasteiger partial charge < -0.3 is 0 Å². The molecule has 5 heteroatoms. The molecule has 0 radical (unpaired) electrons. The molecule has 1 saturated heterocycles. The number of terminal acetylenes is 1. The monoisotopic (exact) mass is 243 g/mol. The van der Waals surface area contributed by atoms with Crippen LogP contribution in [0.1, 0.15) is 29.4 Å². The van der Waals surface area contributed by atoms with E-state index in [1.54, 1.807) is 6.92 Å². The van der Waals surface area contributed by atoms with Crippen LogP contribution in [0.15, 0.2) is 6.20 Å². The maximum absolute atomic E-state index is 11.8. The van der Waals surface area contributed by atoms with E-state index in [0.717, 1.165) is 0 Å². The third kappa shape index (κ3) is 2.09. The lowest BCUT2D eigenvalue weighted by molar-refractivity contribution is -0.117. The van der Waals surface area contributed by atoms with Crippen LogP contribution in [0.2, 0.25) is 0 Å². The Labute approximate surface area is 105 Å². The summed E-state index contributed by atoms with van der Waals surface area (Å²) in [4.78, 5) is 32.8. The highest BCUT2D eigenvalue weighted by molar-refractivity contribution is 5.96. The quantitative estimate of drug-likeness (QED) is 0.573. The first-order valence-corrected chi connectivity index (χ1v) is 5.64. The Balaban J connectivity index is 2.31. The summed E-state index contributed by atoms with van der Waals surface area (Å²) in [6.45, 7) is 3.62. The van der Waals surface area contributed by atoms with E-state index in [1.807, 2.05) is 0 Å². The van der Waals surface area contributed by atoms with Gasteiger partial charge in [0.15, 0.2) is 5.78 Å². The highest BCUT2D eigenvalue weighted by Crippen LogP contribution is 2.22. The Hall–Kier alpha value is -2.22. The van der Waals surface area contributed by atoms with Crippen molar-refractivity contribution in [2.75, 3.05) is 11.4 Å². The maximum atomic E-state index is 11.8.